The van der Waals surface area contributed by atoms with Gasteiger partial charge in [0.15, 0.2) is 0 Å². The molecule has 0 bridgehead atoms. The maximum Gasteiger partial charge on any atom is 0.0361 e. The van der Waals surface area contributed by atoms with Crippen molar-refractivity contribution in [3.05, 3.63) is 24.0 Å². The molecule has 1 aliphatic heterocycles. The molecule has 2 rings (SSSR count). The van der Waals surface area contributed by atoms with Gasteiger partial charge in [-0.25, -0.2) is 0 Å². The molecule has 2 heterocycles. The zero-order valence-corrected chi connectivity index (χ0v) is 10.2. The van der Waals surface area contributed by atoms with Gasteiger partial charge in [-0.05, 0) is 43.4 Å². The van der Waals surface area contributed by atoms with Crippen molar-refractivity contribution in [3.8, 4) is 0 Å². The van der Waals surface area contributed by atoms with Crippen LogP contribution in [-0.4, -0.2) is 22.1 Å². The smallest absolute Gasteiger partial charge is 0.0361 e. The van der Waals surface area contributed by atoms with Gasteiger partial charge in [0.1, 0.15) is 0 Å². The molecule has 1 fully saturated rings. The summed E-state index contributed by atoms with van der Waals surface area (Å²) in [7, 11) is 0. The molecular formula is C12H20N2S. The first-order valence-electron chi connectivity index (χ1n) is 5.85. The summed E-state index contributed by atoms with van der Waals surface area (Å²) >= 11 is 2.08. The Morgan fingerprint density at radius 2 is 2.27 bits per heavy atom. The first-order chi connectivity index (χ1) is 7.40. The summed E-state index contributed by atoms with van der Waals surface area (Å²) in [6.45, 7) is 4.29. The predicted octanol–water partition coefficient (Wildman–Crippen LogP) is 2.49. The van der Waals surface area contributed by atoms with Crippen molar-refractivity contribution in [3.63, 3.8) is 0 Å². The first kappa shape index (κ1) is 11.1. The number of aromatic nitrogens is 1. The summed E-state index contributed by atoms with van der Waals surface area (Å²) in [6.07, 6.45) is 4.82. The van der Waals surface area contributed by atoms with Crippen LogP contribution in [0.15, 0.2) is 18.3 Å². The third-order valence-electron chi connectivity index (χ3n) is 3.06. The lowest BCUT2D eigenvalue weighted by molar-refractivity contribution is 0.471. The van der Waals surface area contributed by atoms with E-state index in [9.17, 15) is 0 Å². The summed E-state index contributed by atoms with van der Waals surface area (Å²) < 4.78 is 2.31. The second-order valence-corrected chi connectivity index (χ2v) is 5.28. The van der Waals surface area contributed by atoms with Crippen LogP contribution in [0.5, 0.6) is 0 Å². The summed E-state index contributed by atoms with van der Waals surface area (Å²) in [5, 5.41) is 3.66. The average Bonchev–Trinajstić information content (AvgIpc) is 2.75. The highest BCUT2D eigenvalue weighted by atomic mass is 32.2. The number of nitrogens with zero attached hydrogens (tertiary/aromatic N) is 1. The highest BCUT2D eigenvalue weighted by Gasteiger charge is 2.12. The van der Waals surface area contributed by atoms with Crippen molar-refractivity contribution >= 4 is 11.8 Å². The van der Waals surface area contributed by atoms with Crippen LogP contribution in [0, 0.1) is 0 Å². The monoisotopic (exact) mass is 224 g/mol. The minimum Gasteiger partial charge on any atom is -0.351 e. The van der Waals surface area contributed by atoms with Crippen molar-refractivity contribution in [1.29, 1.82) is 0 Å². The molecule has 0 saturated carbocycles. The van der Waals surface area contributed by atoms with Gasteiger partial charge < -0.3 is 9.88 Å². The Kier molecular flexibility index (Phi) is 4.15. The first-order valence-corrected chi connectivity index (χ1v) is 7.00. The van der Waals surface area contributed by atoms with Crippen molar-refractivity contribution in [2.45, 2.75) is 38.9 Å². The minimum absolute atomic E-state index is 0.742. The van der Waals surface area contributed by atoms with E-state index in [0.717, 1.165) is 19.1 Å². The largest absolute Gasteiger partial charge is 0.351 e. The van der Waals surface area contributed by atoms with Gasteiger partial charge in [-0.1, -0.05) is 0 Å². The highest BCUT2D eigenvalue weighted by molar-refractivity contribution is 7.99. The van der Waals surface area contributed by atoms with Gasteiger partial charge in [0.25, 0.3) is 0 Å². The molecule has 0 spiro atoms. The van der Waals surface area contributed by atoms with Crippen LogP contribution >= 0.6 is 11.8 Å². The molecule has 0 atom stereocenters. The molecule has 0 aromatic carbocycles. The number of rotatable bonds is 4. The Balaban J connectivity index is 1.81. The summed E-state index contributed by atoms with van der Waals surface area (Å²) in [6, 6.07) is 5.09. The Hall–Kier alpha value is -0.410. The lowest BCUT2D eigenvalue weighted by Gasteiger charge is -2.22. The zero-order valence-electron chi connectivity index (χ0n) is 9.41. The Morgan fingerprint density at radius 1 is 1.47 bits per heavy atom. The van der Waals surface area contributed by atoms with E-state index in [1.807, 2.05) is 0 Å². The quantitative estimate of drug-likeness (QED) is 0.846. The van der Waals surface area contributed by atoms with Gasteiger partial charge in [0, 0.05) is 31.0 Å². The fraction of sp³-hybridized carbons (Fsp3) is 0.667. The van der Waals surface area contributed by atoms with Gasteiger partial charge in [0.05, 0.1) is 0 Å². The van der Waals surface area contributed by atoms with E-state index in [4.69, 9.17) is 0 Å². The van der Waals surface area contributed by atoms with E-state index in [1.165, 1.54) is 30.0 Å². The van der Waals surface area contributed by atoms with Gasteiger partial charge in [0.2, 0.25) is 0 Å². The number of hydrogen-bond acceptors (Lipinski definition) is 2. The van der Waals surface area contributed by atoms with Gasteiger partial charge in [-0.2, -0.15) is 11.8 Å². The van der Waals surface area contributed by atoms with Crippen LogP contribution < -0.4 is 5.32 Å². The van der Waals surface area contributed by atoms with Crippen molar-refractivity contribution in [2.24, 2.45) is 0 Å². The van der Waals surface area contributed by atoms with E-state index in [1.54, 1.807) is 0 Å². The Morgan fingerprint density at radius 3 is 3.00 bits per heavy atom. The molecule has 0 amide bonds. The summed E-state index contributed by atoms with van der Waals surface area (Å²) in [4.78, 5) is 0. The Labute approximate surface area is 96.4 Å². The van der Waals surface area contributed by atoms with Crippen LogP contribution in [0.3, 0.4) is 0 Å². The standard InChI is InChI=1S/C12H20N2S/c1-2-14-7-3-4-12(14)10-13-11-5-8-15-9-6-11/h3-4,7,11,13H,2,5-6,8-10H2,1H3. The fourth-order valence-corrected chi connectivity index (χ4v) is 3.18. The SMILES string of the molecule is CCn1cccc1CNC1CCSCC1. The van der Waals surface area contributed by atoms with E-state index in [2.05, 4.69) is 46.9 Å². The maximum atomic E-state index is 3.66. The second kappa shape index (κ2) is 5.61. The van der Waals surface area contributed by atoms with Crippen LogP contribution in [0.25, 0.3) is 0 Å². The molecule has 2 nitrogen and oxygen atoms in total. The van der Waals surface area contributed by atoms with Gasteiger partial charge >= 0.3 is 0 Å². The van der Waals surface area contributed by atoms with E-state index >= 15 is 0 Å². The molecule has 1 aromatic rings. The molecule has 0 radical (unpaired) electrons. The predicted molar refractivity (Wildman–Crippen MR) is 67.3 cm³/mol. The molecule has 1 saturated heterocycles. The number of hydrogen-bond donors (Lipinski definition) is 1. The Bertz CT molecular complexity index is 290. The van der Waals surface area contributed by atoms with Crippen molar-refractivity contribution in [1.82, 2.24) is 9.88 Å². The third kappa shape index (κ3) is 3.02. The third-order valence-corrected chi connectivity index (χ3v) is 4.11. The molecule has 1 N–H and O–H groups in total. The molecule has 1 aromatic heterocycles. The lowest BCUT2D eigenvalue weighted by atomic mass is 10.1. The van der Waals surface area contributed by atoms with E-state index < -0.39 is 0 Å². The number of thioether (sulfide) groups is 1. The van der Waals surface area contributed by atoms with Crippen LogP contribution in [0.2, 0.25) is 0 Å². The van der Waals surface area contributed by atoms with Gasteiger partial charge in [-0.15, -0.1) is 0 Å². The average molecular weight is 224 g/mol. The van der Waals surface area contributed by atoms with Crippen molar-refractivity contribution in [2.75, 3.05) is 11.5 Å². The minimum atomic E-state index is 0.742. The van der Waals surface area contributed by atoms with Crippen LogP contribution in [-0.2, 0) is 13.1 Å². The molecular weight excluding hydrogens is 204 g/mol. The zero-order chi connectivity index (χ0) is 10.5. The molecule has 0 aliphatic carbocycles. The molecule has 84 valence electrons. The number of aryl methyl sites for hydroxylation is 1. The summed E-state index contributed by atoms with van der Waals surface area (Å²) in [5.41, 5.74) is 1.41. The lowest BCUT2D eigenvalue weighted by Crippen LogP contribution is -2.32. The van der Waals surface area contributed by atoms with Crippen LogP contribution in [0.1, 0.15) is 25.5 Å². The van der Waals surface area contributed by atoms with Gasteiger partial charge in [-0.3, -0.25) is 0 Å². The number of nitrogens with one attached hydrogen (secondary N) is 1. The molecule has 3 heteroatoms. The molecule has 1 aliphatic rings. The highest BCUT2D eigenvalue weighted by Crippen LogP contribution is 2.17. The maximum absolute atomic E-state index is 3.66. The van der Waals surface area contributed by atoms with Crippen molar-refractivity contribution < 1.29 is 0 Å². The van der Waals surface area contributed by atoms with Crippen LogP contribution in [0.4, 0.5) is 0 Å². The van der Waals surface area contributed by atoms with E-state index in [-0.39, 0.29) is 0 Å². The summed E-state index contributed by atoms with van der Waals surface area (Å²) in [5.74, 6) is 2.65. The molecule has 15 heavy (non-hydrogen) atoms. The van der Waals surface area contributed by atoms with E-state index in [0.29, 0.717) is 0 Å². The normalized spacial score (nSPS) is 18.2. The fourth-order valence-electron chi connectivity index (χ4n) is 2.07. The molecule has 0 unspecified atom stereocenters. The second-order valence-electron chi connectivity index (χ2n) is 4.05. The topological polar surface area (TPSA) is 17.0 Å².